The Kier molecular flexibility index (Phi) is 5.38. The van der Waals surface area contributed by atoms with Crippen LogP contribution in [0.1, 0.15) is 40.8 Å². The SMILES string of the molecule is Oc1ccc2c(c1)CCCC(c1ccncc1)=C2c1ccn2cc(CN3CC(CF)C3)nc2c1. The van der Waals surface area contributed by atoms with Gasteiger partial charge in [-0.1, -0.05) is 6.07 Å². The molecule has 34 heavy (non-hydrogen) atoms. The summed E-state index contributed by atoms with van der Waals surface area (Å²) in [5, 5.41) is 10.1. The maximum Gasteiger partial charge on any atom is 0.137 e. The van der Waals surface area contributed by atoms with Gasteiger partial charge in [0, 0.05) is 50.3 Å². The summed E-state index contributed by atoms with van der Waals surface area (Å²) in [6.07, 6.45) is 10.7. The van der Waals surface area contributed by atoms with Crippen molar-refractivity contribution in [2.24, 2.45) is 5.92 Å². The highest BCUT2D eigenvalue weighted by molar-refractivity contribution is 6.00. The summed E-state index contributed by atoms with van der Waals surface area (Å²) in [4.78, 5) is 11.3. The predicted molar refractivity (Wildman–Crippen MR) is 131 cm³/mol. The average Bonchev–Trinajstić information content (AvgIpc) is 3.14. The first kappa shape index (κ1) is 21.1. The second-order valence-electron chi connectivity index (χ2n) is 9.41. The Balaban J connectivity index is 1.44. The quantitative estimate of drug-likeness (QED) is 0.454. The Labute approximate surface area is 198 Å². The molecule has 2 aliphatic rings. The Morgan fingerprint density at radius 2 is 1.85 bits per heavy atom. The highest BCUT2D eigenvalue weighted by atomic mass is 19.1. The molecular formula is C28H27FN4O. The van der Waals surface area contributed by atoms with Crippen LogP contribution in [0.25, 0.3) is 16.8 Å². The van der Waals surface area contributed by atoms with E-state index in [4.69, 9.17) is 4.98 Å². The number of aryl methyl sites for hydroxylation is 1. The molecule has 0 bridgehead atoms. The van der Waals surface area contributed by atoms with E-state index in [1.807, 2.05) is 24.5 Å². The minimum absolute atomic E-state index is 0.178. The summed E-state index contributed by atoms with van der Waals surface area (Å²) >= 11 is 0. The Morgan fingerprint density at radius 1 is 1.00 bits per heavy atom. The molecule has 0 radical (unpaired) electrons. The van der Waals surface area contributed by atoms with Gasteiger partial charge in [-0.3, -0.25) is 14.3 Å². The fraction of sp³-hybridized carbons (Fsp3) is 0.286. The fourth-order valence-electron chi connectivity index (χ4n) is 5.34. The molecule has 1 saturated heterocycles. The molecule has 4 aromatic rings. The zero-order valence-corrected chi connectivity index (χ0v) is 19.0. The minimum Gasteiger partial charge on any atom is -0.508 e. The lowest BCUT2D eigenvalue weighted by Gasteiger charge is -2.37. The second kappa shape index (κ2) is 8.69. The number of nitrogens with zero attached hydrogens (tertiary/aromatic N) is 4. The van der Waals surface area contributed by atoms with Gasteiger partial charge in [0.1, 0.15) is 11.4 Å². The number of hydrogen-bond acceptors (Lipinski definition) is 4. The number of pyridine rings is 2. The molecule has 0 spiro atoms. The molecule has 1 aliphatic heterocycles. The number of alkyl halides is 1. The summed E-state index contributed by atoms with van der Waals surface area (Å²) in [6.45, 7) is 2.13. The van der Waals surface area contributed by atoms with Crippen LogP contribution in [-0.2, 0) is 13.0 Å². The van der Waals surface area contributed by atoms with E-state index in [2.05, 4.69) is 50.9 Å². The molecule has 1 aromatic carbocycles. The standard InChI is InChI=1S/C28H27FN4O/c29-14-19-15-32(16-19)17-23-18-33-11-8-22(13-27(33)31-23)28-25(20-6-9-30-10-7-20)3-1-2-21-12-24(34)4-5-26(21)28/h4-13,18-19,34H,1-3,14-17H2. The van der Waals surface area contributed by atoms with Gasteiger partial charge in [-0.2, -0.15) is 0 Å². The lowest BCUT2D eigenvalue weighted by Crippen LogP contribution is -2.46. The van der Waals surface area contributed by atoms with Crippen LogP contribution in [-0.4, -0.2) is 44.1 Å². The molecule has 0 unspecified atom stereocenters. The van der Waals surface area contributed by atoms with Crippen molar-refractivity contribution in [3.05, 3.63) is 95.2 Å². The number of phenols is 1. The van der Waals surface area contributed by atoms with Gasteiger partial charge in [-0.05, 0) is 89.1 Å². The van der Waals surface area contributed by atoms with Gasteiger partial charge in [-0.15, -0.1) is 0 Å². The highest BCUT2D eigenvalue weighted by Gasteiger charge is 2.27. The lowest BCUT2D eigenvalue weighted by molar-refractivity contribution is 0.0727. The van der Waals surface area contributed by atoms with Crippen LogP contribution in [0.3, 0.4) is 0 Å². The van der Waals surface area contributed by atoms with Gasteiger partial charge in [-0.25, -0.2) is 4.98 Å². The van der Waals surface area contributed by atoms with Crippen molar-refractivity contribution in [3.63, 3.8) is 0 Å². The smallest absolute Gasteiger partial charge is 0.137 e. The molecule has 6 heteroatoms. The minimum atomic E-state index is -0.237. The molecule has 3 aromatic heterocycles. The van der Waals surface area contributed by atoms with Crippen molar-refractivity contribution in [2.45, 2.75) is 25.8 Å². The average molecular weight is 455 g/mol. The van der Waals surface area contributed by atoms with E-state index in [1.165, 1.54) is 22.3 Å². The van der Waals surface area contributed by atoms with Crippen LogP contribution >= 0.6 is 0 Å². The highest BCUT2D eigenvalue weighted by Crippen LogP contribution is 2.40. The zero-order chi connectivity index (χ0) is 23.1. The predicted octanol–water partition coefficient (Wildman–Crippen LogP) is 5.13. The maximum atomic E-state index is 12.8. The van der Waals surface area contributed by atoms with Crippen LogP contribution in [0.5, 0.6) is 5.75 Å². The van der Waals surface area contributed by atoms with E-state index < -0.39 is 0 Å². The van der Waals surface area contributed by atoms with E-state index in [9.17, 15) is 9.50 Å². The maximum absolute atomic E-state index is 12.8. The van der Waals surface area contributed by atoms with Crippen molar-refractivity contribution >= 4 is 16.8 Å². The number of phenolic OH excluding ortho intramolecular Hbond substituents is 1. The topological polar surface area (TPSA) is 53.7 Å². The summed E-state index contributed by atoms with van der Waals surface area (Å²) < 4.78 is 14.8. The molecule has 1 N–H and O–H groups in total. The number of halogens is 1. The van der Waals surface area contributed by atoms with Crippen molar-refractivity contribution < 1.29 is 9.50 Å². The summed E-state index contributed by atoms with van der Waals surface area (Å²) in [6, 6.07) is 14.2. The number of imidazole rings is 1. The summed E-state index contributed by atoms with van der Waals surface area (Å²) in [5.74, 6) is 0.483. The summed E-state index contributed by atoms with van der Waals surface area (Å²) in [7, 11) is 0. The third kappa shape index (κ3) is 3.88. The fourth-order valence-corrected chi connectivity index (χ4v) is 5.34. The van der Waals surface area contributed by atoms with Crippen LogP contribution in [0, 0.1) is 5.92 Å². The molecule has 5 nitrogen and oxygen atoms in total. The molecule has 4 heterocycles. The molecule has 172 valence electrons. The van der Waals surface area contributed by atoms with E-state index >= 15 is 0 Å². The van der Waals surface area contributed by atoms with E-state index in [0.29, 0.717) is 5.75 Å². The molecular weight excluding hydrogens is 427 g/mol. The number of rotatable bonds is 5. The summed E-state index contributed by atoms with van der Waals surface area (Å²) in [5.41, 5.74) is 9.02. The molecule has 0 saturated carbocycles. The number of likely N-dealkylation sites (tertiary alicyclic amines) is 1. The molecule has 1 aliphatic carbocycles. The first-order valence-electron chi connectivity index (χ1n) is 11.9. The number of allylic oxidation sites excluding steroid dienone is 1. The first-order chi connectivity index (χ1) is 16.7. The number of fused-ring (bicyclic) bond motifs is 2. The Hall–Kier alpha value is -3.51. The van der Waals surface area contributed by atoms with Gasteiger partial charge in [0.15, 0.2) is 0 Å². The van der Waals surface area contributed by atoms with Crippen molar-refractivity contribution in [1.82, 2.24) is 19.3 Å². The van der Waals surface area contributed by atoms with E-state index in [0.717, 1.165) is 61.4 Å². The van der Waals surface area contributed by atoms with Crippen molar-refractivity contribution in [2.75, 3.05) is 19.8 Å². The second-order valence-corrected chi connectivity index (χ2v) is 9.41. The molecule has 0 amide bonds. The van der Waals surface area contributed by atoms with E-state index in [1.54, 1.807) is 6.07 Å². The van der Waals surface area contributed by atoms with Gasteiger partial charge in [0.25, 0.3) is 0 Å². The normalized spacial score (nSPS) is 17.0. The van der Waals surface area contributed by atoms with Crippen LogP contribution in [0.4, 0.5) is 4.39 Å². The first-order valence-corrected chi connectivity index (χ1v) is 11.9. The third-order valence-corrected chi connectivity index (χ3v) is 7.00. The number of aromatic hydroxyl groups is 1. The lowest BCUT2D eigenvalue weighted by atomic mass is 9.88. The third-order valence-electron chi connectivity index (χ3n) is 7.00. The number of hydrogen-bond donors (Lipinski definition) is 1. The van der Waals surface area contributed by atoms with Gasteiger partial charge < -0.3 is 9.51 Å². The van der Waals surface area contributed by atoms with Crippen LogP contribution in [0.15, 0.2) is 67.3 Å². The van der Waals surface area contributed by atoms with Gasteiger partial charge in [0.05, 0.1) is 12.4 Å². The van der Waals surface area contributed by atoms with Gasteiger partial charge >= 0.3 is 0 Å². The molecule has 1 fully saturated rings. The Bertz CT molecular complexity index is 1370. The number of benzene rings is 1. The van der Waals surface area contributed by atoms with Gasteiger partial charge in [0.2, 0.25) is 0 Å². The van der Waals surface area contributed by atoms with E-state index in [-0.39, 0.29) is 12.6 Å². The monoisotopic (exact) mass is 454 g/mol. The zero-order valence-electron chi connectivity index (χ0n) is 19.0. The molecule has 6 rings (SSSR count). The largest absolute Gasteiger partial charge is 0.508 e. The van der Waals surface area contributed by atoms with Crippen LogP contribution < -0.4 is 0 Å². The van der Waals surface area contributed by atoms with Crippen molar-refractivity contribution in [3.8, 4) is 5.75 Å². The Morgan fingerprint density at radius 3 is 2.68 bits per heavy atom. The van der Waals surface area contributed by atoms with Crippen LogP contribution in [0.2, 0.25) is 0 Å². The molecule has 0 atom stereocenters. The number of aromatic nitrogens is 3. The van der Waals surface area contributed by atoms with Crippen molar-refractivity contribution in [1.29, 1.82) is 0 Å².